The van der Waals surface area contributed by atoms with Crippen molar-refractivity contribution in [2.75, 3.05) is 13.7 Å². The average molecular weight is 805 g/mol. The number of aryl methyl sites for hydroxylation is 1. The molecule has 308 valence electrons. The first-order valence-corrected chi connectivity index (χ1v) is 22.2. The van der Waals surface area contributed by atoms with Crippen molar-refractivity contribution in [3.8, 4) is 11.5 Å². The largest absolute Gasteiger partial charge is 0.497 e. The number of esters is 1. The number of nitrogens with one attached hydrogen (secondary N) is 2. The molecule has 6 aliphatic rings. The van der Waals surface area contributed by atoms with Crippen LogP contribution in [-0.4, -0.2) is 83.2 Å². The summed E-state index contributed by atoms with van der Waals surface area (Å²) in [5.41, 5.74) is -0.400. The molecule has 1 saturated heterocycles. The van der Waals surface area contributed by atoms with E-state index in [2.05, 4.69) is 10.0 Å². The number of rotatable bonds is 7. The van der Waals surface area contributed by atoms with Gasteiger partial charge in [-0.05, 0) is 110 Å². The molecule has 1 aromatic carbocycles. The summed E-state index contributed by atoms with van der Waals surface area (Å²) >= 11 is 0. The molecular formula is C43H56N4O9S. The molecule has 13 nitrogen and oxygen atoms in total. The summed E-state index contributed by atoms with van der Waals surface area (Å²) in [5, 5.41) is 3.94. The number of fused-ring (bicyclic) bond motifs is 5. The molecule has 3 aliphatic carbocycles. The van der Waals surface area contributed by atoms with E-state index >= 15 is 0 Å². The van der Waals surface area contributed by atoms with Crippen LogP contribution in [0.1, 0.15) is 128 Å². The first kappa shape index (κ1) is 39.6. The number of sulfonamides is 1. The number of methoxy groups -OCH3 is 1. The highest BCUT2D eigenvalue weighted by molar-refractivity contribution is 7.91. The fourth-order valence-electron chi connectivity index (χ4n) is 9.01. The Morgan fingerprint density at radius 3 is 2.54 bits per heavy atom. The van der Waals surface area contributed by atoms with Crippen molar-refractivity contribution < 1.29 is 41.8 Å². The molecule has 0 unspecified atom stereocenters. The molecule has 0 bridgehead atoms. The van der Waals surface area contributed by atoms with Crippen molar-refractivity contribution in [3.63, 3.8) is 0 Å². The quantitative estimate of drug-likeness (QED) is 0.268. The van der Waals surface area contributed by atoms with E-state index in [0.29, 0.717) is 50.0 Å². The van der Waals surface area contributed by atoms with Gasteiger partial charge >= 0.3 is 5.97 Å². The molecule has 8 rings (SSSR count). The molecule has 5 atom stereocenters. The summed E-state index contributed by atoms with van der Waals surface area (Å²) < 4.78 is 46.2. The van der Waals surface area contributed by atoms with Crippen molar-refractivity contribution in [2.24, 2.45) is 11.8 Å². The summed E-state index contributed by atoms with van der Waals surface area (Å²) in [5.74, 6) is -1.62. The van der Waals surface area contributed by atoms with Gasteiger partial charge in [0.2, 0.25) is 21.8 Å². The van der Waals surface area contributed by atoms with E-state index in [1.54, 1.807) is 39.7 Å². The minimum absolute atomic E-state index is 0.101. The van der Waals surface area contributed by atoms with Gasteiger partial charge in [0, 0.05) is 35.1 Å². The number of nitrogens with zero attached hydrogens (tertiary/aromatic N) is 2. The minimum atomic E-state index is -3.98. The van der Waals surface area contributed by atoms with Gasteiger partial charge in [-0.15, -0.1) is 0 Å². The normalized spacial score (nSPS) is 30.4. The lowest BCUT2D eigenvalue weighted by Gasteiger charge is -2.37. The predicted molar refractivity (Wildman–Crippen MR) is 212 cm³/mol. The third-order valence-corrected chi connectivity index (χ3v) is 15.1. The lowest BCUT2D eigenvalue weighted by atomic mass is 9.86. The van der Waals surface area contributed by atoms with Gasteiger partial charge in [-0.3, -0.25) is 23.9 Å². The Morgan fingerprint density at radius 1 is 1.07 bits per heavy atom. The maximum absolute atomic E-state index is 14.9. The van der Waals surface area contributed by atoms with E-state index in [-0.39, 0.29) is 37.6 Å². The van der Waals surface area contributed by atoms with Crippen LogP contribution in [0.4, 0.5) is 0 Å². The maximum Gasteiger partial charge on any atom is 0.307 e. The molecule has 14 heteroatoms. The van der Waals surface area contributed by atoms with Crippen molar-refractivity contribution in [1.82, 2.24) is 19.9 Å². The molecule has 1 aromatic heterocycles. The highest BCUT2D eigenvalue weighted by Gasteiger charge is 2.64. The number of hydrogen-bond donors (Lipinski definition) is 2. The SMILES string of the molecule is COc1ccc2nc(C3CC3)c3c(c2c1)CC[C@]1(C[C@H]2C(=O)N[C@]4(C(=O)NS(=O)(=O)C5(C)CC5)C[C@H]4/C=C\CCCCC[C@H](CC(=O)OC(C)(C)C)C(=O)N2C1)O3. The summed E-state index contributed by atoms with van der Waals surface area (Å²) in [6.45, 7) is 7.08. The van der Waals surface area contributed by atoms with Crippen LogP contribution in [0.25, 0.3) is 10.9 Å². The first-order valence-electron chi connectivity index (χ1n) is 20.7. The highest BCUT2D eigenvalue weighted by atomic mass is 32.2. The molecule has 4 heterocycles. The van der Waals surface area contributed by atoms with Crippen LogP contribution in [0.5, 0.6) is 11.5 Å². The van der Waals surface area contributed by atoms with Crippen LogP contribution in [0.15, 0.2) is 30.4 Å². The van der Waals surface area contributed by atoms with E-state index in [9.17, 15) is 27.6 Å². The van der Waals surface area contributed by atoms with Crippen molar-refractivity contribution >= 4 is 44.6 Å². The van der Waals surface area contributed by atoms with Gasteiger partial charge in [0.05, 0.1) is 36.0 Å². The maximum atomic E-state index is 14.9. The van der Waals surface area contributed by atoms with E-state index in [1.165, 1.54) is 0 Å². The molecule has 3 saturated carbocycles. The van der Waals surface area contributed by atoms with Crippen LogP contribution in [-0.2, 0) is 40.4 Å². The topological polar surface area (TPSA) is 170 Å². The van der Waals surface area contributed by atoms with Gasteiger partial charge in [0.25, 0.3) is 5.91 Å². The minimum Gasteiger partial charge on any atom is -0.497 e. The zero-order chi connectivity index (χ0) is 40.5. The van der Waals surface area contributed by atoms with Crippen LogP contribution < -0.4 is 19.5 Å². The smallest absolute Gasteiger partial charge is 0.307 e. The molecule has 2 aromatic rings. The predicted octanol–water partition coefficient (Wildman–Crippen LogP) is 5.53. The van der Waals surface area contributed by atoms with Crippen LogP contribution >= 0.6 is 0 Å². The number of aromatic nitrogens is 1. The van der Waals surface area contributed by atoms with Crippen LogP contribution in [0.2, 0.25) is 0 Å². The fraction of sp³-hybridized carbons (Fsp3) is 0.651. The molecule has 0 radical (unpaired) electrons. The summed E-state index contributed by atoms with van der Waals surface area (Å²) in [7, 11) is -2.35. The lowest BCUT2D eigenvalue weighted by molar-refractivity contribution is -0.159. The van der Waals surface area contributed by atoms with Crippen LogP contribution in [0, 0.1) is 11.8 Å². The Balaban J connectivity index is 1.15. The Bertz CT molecular complexity index is 2140. The Labute approximate surface area is 335 Å². The number of amides is 3. The third kappa shape index (κ3) is 7.74. The number of benzene rings is 1. The number of allylic oxidation sites excluding steroid dienone is 1. The molecule has 57 heavy (non-hydrogen) atoms. The number of carbonyl (C=O) groups excluding carboxylic acids is 4. The Morgan fingerprint density at radius 2 is 1.84 bits per heavy atom. The second-order valence-electron chi connectivity index (χ2n) is 18.6. The van der Waals surface area contributed by atoms with Crippen molar-refractivity contribution in [1.29, 1.82) is 0 Å². The Kier molecular flexibility index (Phi) is 9.92. The van der Waals surface area contributed by atoms with Crippen molar-refractivity contribution in [3.05, 3.63) is 41.6 Å². The lowest BCUT2D eigenvalue weighted by Crippen LogP contribution is -2.57. The van der Waals surface area contributed by atoms with E-state index in [4.69, 9.17) is 19.2 Å². The molecule has 3 amide bonds. The van der Waals surface area contributed by atoms with Crippen molar-refractivity contribution in [2.45, 2.75) is 151 Å². The number of pyridine rings is 1. The monoisotopic (exact) mass is 804 g/mol. The van der Waals surface area contributed by atoms with Gasteiger partial charge in [-0.2, -0.15) is 0 Å². The zero-order valence-electron chi connectivity index (χ0n) is 33.8. The summed E-state index contributed by atoms with van der Waals surface area (Å²) in [4.78, 5) is 63.6. The highest BCUT2D eigenvalue weighted by Crippen LogP contribution is 2.52. The van der Waals surface area contributed by atoms with Crippen LogP contribution in [0.3, 0.4) is 0 Å². The van der Waals surface area contributed by atoms with Gasteiger partial charge in [0.15, 0.2) is 0 Å². The molecule has 3 aliphatic heterocycles. The number of carbonyl (C=O) groups is 4. The standard InChI is InChI=1S/C43H56N4O9S/c1-40(2,3)55-34(48)21-27-11-9-7-6-8-10-12-28-23-43(28,39(51)46-57(52,53)41(4)19-20-41)45-37(49)33-24-42(25-47(33)38(27)50)18-17-30-31-22-29(54-5)15-16-32(31)44-35(26-13-14-26)36(30)56-42/h10,12,15-16,22,26-28,33H,6-9,11,13-14,17-21,23-25H2,1-5H3,(H,45,49)(H,46,51)/b12-10-/t27-,28-,33+,42-,43-/m1/s1. The molecule has 2 N–H and O–H groups in total. The van der Waals surface area contributed by atoms with Gasteiger partial charge in [-0.25, -0.2) is 13.4 Å². The zero-order valence-corrected chi connectivity index (χ0v) is 34.6. The van der Waals surface area contributed by atoms with Gasteiger partial charge in [0.1, 0.15) is 34.3 Å². The first-order chi connectivity index (χ1) is 27.0. The third-order valence-electron chi connectivity index (χ3n) is 12.9. The average Bonchev–Trinajstić information content (AvgIpc) is 4.08. The molecular weight excluding hydrogens is 749 g/mol. The van der Waals surface area contributed by atoms with Gasteiger partial charge < -0.3 is 24.4 Å². The fourth-order valence-corrected chi connectivity index (χ4v) is 10.3. The molecule has 4 fully saturated rings. The summed E-state index contributed by atoms with van der Waals surface area (Å²) in [6, 6.07) is 4.80. The second-order valence-corrected chi connectivity index (χ2v) is 20.8. The van der Waals surface area contributed by atoms with E-state index in [0.717, 1.165) is 54.3 Å². The number of ether oxygens (including phenoxy) is 3. The van der Waals surface area contributed by atoms with Gasteiger partial charge in [-0.1, -0.05) is 25.0 Å². The van der Waals surface area contributed by atoms with E-state index < -0.39 is 67.2 Å². The van der Waals surface area contributed by atoms with E-state index in [1.807, 2.05) is 30.4 Å². The number of hydrogen-bond acceptors (Lipinski definition) is 10. The Hall–Kier alpha value is -4.20. The summed E-state index contributed by atoms with van der Waals surface area (Å²) in [6.07, 6.45) is 11.7. The second kappa shape index (κ2) is 14.3. The molecule has 1 spiro atoms.